The molecule has 1 aromatic carbocycles. The van der Waals surface area contributed by atoms with E-state index >= 15 is 0 Å². The minimum absolute atomic E-state index is 0.449. The van der Waals surface area contributed by atoms with E-state index in [1.165, 1.54) is 37.7 Å². The molecule has 3 unspecified atom stereocenters. The molecule has 21 heavy (non-hydrogen) atoms. The van der Waals surface area contributed by atoms with Gasteiger partial charge in [0.05, 0.1) is 0 Å². The fraction of sp³-hybridized carbons (Fsp3) is 0.700. The van der Waals surface area contributed by atoms with Gasteiger partial charge in [0, 0.05) is 6.04 Å². The number of hydrogen-bond acceptors (Lipinski definition) is 1. The van der Waals surface area contributed by atoms with Gasteiger partial charge in [-0.05, 0) is 61.5 Å². The van der Waals surface area contributed by atoms with Crippen LogP contribution in [-0.2, 0) is 6.42 Å². The minimum atomic E-state index is 0.449. The summed E-state index contributed by atoms with van der Waals surface area (Å²) < 4.78 is 0. The second-order valence-electron chi connectivity index (χ2n) is 7.89. The van der Waals surface area contributed by atoms with Gasteiger partial charge in [0.15, 0.2) is 0 Å². The van der Waals surface area contributed by atoms with Crippen LogP contribution in [0.25, 0.3) is 0 Å². The van der Waals surface area contributed by atoms with E-state index in [-0.39, 0.29) is 0 Å². The molecule has 1 nitrogen and oxygen atoms in total. The third-order valence-electron chi connectivity index (χ3n) is 5.20. The average Bonchev–Trinajstić information content (AvgIpc) is 2.46. The normalized spacial score (nSPS) is 26.8. The van der Waals surface area contributed by atoms with E-state index < -0.39 is 0 Å². The van der Waals surface area contributed by atoms with Crippen molar-refractivity contribution in [3.8, 4) is 0 Å². The lowest BCUT2D eigenvalue weighted by Gasteiger charge is -2.42. The second-order valence-corrected chi connectivity index (χ2v) is 7.89. The highest BCUT2D eigenvalue weighted by Crippen LogP contribution is 2.41. The van der Waals surface area contributed by atoms with Crippen molar-refractivity contribution in [3.63, 3.8) is 0 Å². The Labute approximate surface area is 131 Å². The van der Waals surface area contributed by atoms with Crippen LogP contribution >= 0.6 is 0 Å². The van der Waals surface area contributed by atoms with Crippen LogP contribution in [0.3, 0.4) is 0 Å². The Bertz CT molecular complexity index is 404. The molecule has 118 valence electrons. The Morgan fingerprint density at radius 1 is 1.10 bits per heavy atom. The first-order chi connectivity index (χ1) is 10.0. The summed E-state index contributed by atoms with van der Waals surface area (Å²) in [6.45, 7) is 10.7. The molecule has 0 radical (unpaired) electrons. The lowest BCUT2D eigenvalue weighted by Crippen LogP contribution is -2.44. The maximum Gasteiger partial charge on any atom is 0.00987 e. The summed E-state index contributed by atoms with van der Waals surface area (Å²) in [4.78, 5) is 0. The Kier molecular flexibility index (Phi) is 5.87. The molecule has 0 heterocycles. The Hall–Kier alpha value is -0.820. The summed E-state index contributed by atoms with van der Waals surface area (Å²) in [5.41, 5.74) is 1.95. The molecular formula is C20H33N. The van der Waals surface area contributed by atoms with Gasteiger partial charge in [0.1, 0.15) is 0 Å². The van der Waals surface area contributed by atoms with Crippen molar-refractivity contribution >= 4 is 0 Å². The number of benzene rings is 1. The third-order valence-corrected chi connectivity index (χ3v) is 5.20. The molecule has 1 saturated carbocycles. The first kappa shape index (κ1) is 16.5. The molecule has 0 spiro atoms. The molecule has 1 fully saturated rings. The molecule has 0 amide bonds. The Morgan fingerprint density at radius 3 is 2.43 bits per heavy atom. The van der Waals surface area contributed by atoms with Crippen LogP contribution in [0.4, 0.5) is 0 Å². The molecule has 1 aromatic rings. The molecule has 0 saturated heterocycles. The molecule has 1 aliphatic carbocycles. The maximum absolute atomic E-state index is 3.81. The topological polar surface area (TPSA) is 12.0 Å². The van der Waals surface area contributed by atoms with Crippen molar-refractivity contribution in [2.24, 2.45) is 17.3 Å². The van der Waals surface area contributed by atoms with Gasteiger partial charge in [-0.25, -0.2) is 0 Å². The molecule has 3 atom stereocenters. The van der Waals surface area contributed by atoms with E-state index in [0.717, 1.165) is 18.4 Å². The Balaban J connectivity index is 2.05. The van der Waals surface area contributed by atoms with Gasteiger partial charge in [0.2, 0.25) is 0 Å². The smallest absolute Gasteiger partial charge is 0.00987 e. The fourth-order valence-corrected chi connectivity index (χ4v) is 3.79. The van der Waals surface area contributed by atoms with Gasteiger partial charge < -0.3 is 5.32 Å². The molecule has 2 rings (SSSR count). The summed E-state index contributed by atoms with van der Waals surface area (Å²) in [5.74, 6) is 1.66. The van der Waals surface area contributed by atoms with Gasteiger partial charge >= 0.3 is 0 Å². The van der Waals surface area contributed by atoms with E-state index in [0.29, 0.717) is 11.5 Å². The van der Waals surface area contributed by atoms with E-state index in [9.17, 15) is 0 Å². The zero-order valence-electron chi connectivity index (χ0n) is 14.4. The predicted molar refractivity (Wildman–Crippen MR) is 92.5 cm³/mol. The number of hydrogen-bond donors (Lipinski definition) is 1. The van der Waals surface area contributed by atoms with Crippen LogP contribution in [0, 0.1) is 17.3 Å². The van der Waals surface area contributed by atoms with Crippen molar-refractivity contribution < 1.29 is 0 Å². The molecule has 1 heteroatoms. The molecule has 0 aliphatic heterocycles. The van der Waals surface area contributed by atoms with Gasteiger partial charge in [-0.1, -0.05) is 58.0 Å². The standard InChI is InChI=1S/C20H33N/c1-5-13-21-19-12-11-18(20(2,3)4)15-17(19)14-16-9-7-6-8-10-16/h6-10,17-19,21H,5,11-15H2,1-4H3. The number of rotatable bonds is 5. The molecular weight excluding hydrogens is 254 g/mol. The van der Waals surface area contributed by atoms with Crippen molar-refractivity contribution in [1.29, 1.82) is 0 Å². The van der Waals surface area contributed by atoms with Gasteiger partial charge in [0.25, 0.3) is 0 Å². The highest BCUT2D eigenvalue weighted by atomic mass is 14.9. The van der Waals surface area contributed by atoms with E-state index in [2.05, 4.69) is 63.3 Å². The third kappa shape index (κ3) is 4.85. The molecule has 0 aromatic heterocycles. The summed E-state index contributed by atoms with van der Waals surface area (Å²) in [6.07, 6.45) is 6.57. The van der Waals surface area contributed by atoms with Crippen LogP contribution in [-0.4, -0.2) is 12.6 Å². The van der Waals surface area contributed by atoms with E-state index in [1.54, 1.807) is 0 Å². The average molecular weight is 287 g/mol. The Morgan fingerprint density at radius 2 is 1.81 bits per heavy atom. The minimum Gasteiger partial charge on any atom is -0.314 e. The zero-order chi connectivity index (χ0) is 15.3. The zero-order valence-corrected chi connectivity index (χ0v) is 14.4. The van der Waals surface area contributed by atoms with Gasteiger partial charge in [-0.15, -0.1) is 0 Å². The van der Waals surface area contributed by atoms with Crippen molar-refractivity contribution in [2.45, 2.75) is 65.8 Å². The SMILES string of the molecule is CCCNC1CCC(C(C)(C)C)CC1Cc1ccccc1. The first-order valence-electron chi connectivity index (χ1n) is 8.78. The van der Waals surface area contributed by atoms with Crippen LogP contribution in [0.15, 0.2) is 30.3 Å². The monoisotopic (exact) mass is 287 g/mol. The van der Waals surface area contributed by atoms with Crippen LogP contribution in [0.2, 0.25) is 0 Å². The van der Waals surface area contributed by atoms with Gasteiger partial charge in [-0.2, -0.15) is 0 Å². The highest BCUT2D eigenvalue weighted by Gasteiger charge is 2.35. The summed E-state index contributed by atoms with van der Waals surface area (Å²) in [7, 11) is 0. The van der Waals surface area contributed by atoms with Crippen LogP contribution in [0.5, 0.6) is 0 Å². The number of nitrogens with one attached hydrogen (secondary N) is 1. The predicted octanol–water partition coefficient (Wildman–Crippen LogP) is 5.06. The summed E-state index contributed by atoms with van der Waals surface area (Å²) in [5, 5.41) is 3.81. The van der Waals surface area contributed by atoms with Gasteiger partial charge in [-0.3, -0.25) is 0 Å². The van der Waals surface area contributed by atoms with Crippen molar-refractivity contribution in [3.05, 3.63) is 35.9 Å². The van der Waals surface area contributed by atoms with Crippen molar-refractivity contribution in [1.82, 2.24) is 5.32 Å². The van der Waals surface area contributed by atoms with E-state index in [1.807, 2.05) is 0 Å². The van der Waals surface area contributed by atoms with Crippen molar-refractivity contribution in [2.75, 3.05) is 6.54 Å². The first-order valence-corrected chi connectivity index (χ1v) is 8.78. The lowest BCUT2D eigenvalue weighted by molar-refractivity contribution is 0.114. The quantitative estimate of drug-likeness (QED) is 0.798. The summed E-state index contributed by atoms with van der Waals surface area (Å²) in [6, 6.07) is 11.8. The molecule has 1 N–H and O–H groups in total. The largest absolute Gasteiger partial charge is 0.314 e. The maximum atomic E-state index is 3.81. The van der Waals surface area contributed by atoms with Crippen LogP contribution < -0.4 is 5.32 Å². The lowest BCUT2D eigenvalue weighted by atomic mass is 9.66. The molecule has 1 aliphatic rings. The van der Waals surface area contributed by atoms with E-state index in [4.69, 9.17) is 0 Å². The fourth-order valence-electron chi connectivity index (χ4n) is 3.79. The highest BCUT2D eigenvalue weighted by molar-refractivity contribution is 5.16. The second kappa shape index (κ2) is 7.45. The molecule has 0 bridgehead atoms. The van der Waals surface area contributed by atoms with Crippen LogP contribution in [0.1, 0.15) is 58.9 Å². The summed E-state index contributed by atoms with van der Waals surface area (Å²) >= 11 is 0.